The Kier molecular flexibility index (Phi) is 6.03. The standard InChI is InChI=1S/C17H16Cl2N4O2S/c1-24-15-6-12(8-21-23-10-20-22-17(23)26)14(19)7-16(15)25-9-11-2-4-13(18)5-3-11/h2-7,10,21H,8-9H2,1H3,(H,22,26). The van der Waals surface area contributed by atoms with Crippen molar-refractivity contribution in [3.63, 3.8) is 0 Å². The summed E-state index contributed by atoms with van der Waals surface area (Å²) in [4.78, 5) is 0. The van der Waals surface area contributed by atoms with Gasteiger partial charge in [0.05, 0.1) is 13.7 Å². The second-order valence-electron chi connectivity index (χ2n) is 5.38. The number of halogens is 2. The molecule has 0 amide bonds. The van der Waals surface area contributed by atoms with Gasteiger partial charge in [-0.05, 0) is 41.5 Å². The van der Waals surface area contributed by atoms with Gasteiger partial charge in [-0.2, -0.15) is 5.10 Å². The van der Waals surface area contributed by atoms with Gasteiger partial charge < -0.3 is 14.9 Å². The van der Waals surface area contributed by atoms with E-state index in [0.717, 1.165) is 11.1 Å². The molecule has 0 radical (unpaired) electrons. The summed E-state index contributed by atoms with van der Waals surface area (Å²) in [5, 5.41) is 7.75. The minimum atomic E-state index is 0.381. The molecule has 9 heteroatoms. The maximum absolute atomic E-state index is 6.39. The lowest BCUT2D eigenvalue weighted by molar-refractivity contribution is 0.284. The van der Waals surface area contributed by atoms with Gasteiger partial charge in [0.15, 0.2) is 11.5 Å². The fourth-order valence-corrected chi connectivity index (χ4v) is 2.77. The minimum absolute atomic E-state index is 0.381. The van der Waals surface area contributed by atoms with Gasteiger partial charge in [0.2, 0.25) is 4.77 Å². The van der Waals surface area contributed by atoms with Crippen LogP contribution in [0.3, 0.4) is 0 Å². The molecule has 2 aromatic carbocycles. The number of hydrogen-bond acceptors (Lipinski definition) is 5. The summed E-state index contributed by atoms with van der Waals surface area (Å²) in [5.41, 5.74) is 4.94. The third-order valence-electron chi connectivity index (χ3n) is 3.63. The molecule has 0 saturated carbocycles. The highest BCUT2D eigenvalue weighted by atomic mass is 35.5. The summed E-state index contributed by atoms with van der Waals surface area (Å²) in [6.45, 7) is 0.826. The Morgan fingerprint density at radius 1 is 1.19 bits per heavy atom. The zero-order valence-electron chi connectivity index (χ0n) is 13.8. The second kappa shape index (κ2) is 8.44. The van der Waals surface area contributed by atoms with E-state index in [-0.39, 0.29) is 0 Å². The molecule has 0 saturated heterocycles. The average molecular weight is 411 g/mol. The van der Waals surface area contributed by atoms with Crippen molar-refractivity contribution in [3.05, 3.63) is 68.7 Å². The van der Waals surface area contributed by atoms with Gasteiger partial charge >= 0.3 is 0 Å². The van der Waals surface area contributed by atoms with Crippen LogP contribution in [0.25, 0.3) is 0 Å². The number of nitrogens with zero attached hydrogens (tertiary/aromatic N) is 2. The lowest BCUT2D eigenvalue weighted by atomic mass is 10.2. The fourth-order valence-electron chi connectivity index (χ4n) is 2.26. The number of aromatic amines is 1. The van der Waals surface area contributed by atoms with Crippen LogP contribution in [0.4, 0.5) is 0 Å². The van der Waals surface area contributed by atoms with E-state index in [2.05, 4.69) is 15.6 Å². The molecule has 136 valence electrons. The van der Waals surface area contributed by atoms with Crippen molar-refractivity contribution in [2.24, 2.45) is 0 Å². The summed E-state index contributed by atoms with van der Waals surface area (Å²) in [7, 11) is 1.59. The van der Waals surface area contributed by atoms with Gasteiger partial charge in [0, 0.05) is 16.1 Å². The third-order valence-corrected chi connectivity index (χ3v) is 4.52. The molecule has 0 aliphatic heterocycles. The molecule has 3 aromatic rings. The molecule has 1 aromatic heterocycles. The van der Waals surface area contributed by atoms with Crippen molar-refractivity contribution in [1.82, 2.24) is 14.9 Å². The highest BCUT2D eigenvalue weighted by molar-refractivity contribution is 7.71. The van der Waals surface area contributed by atoms with Crippen LogP contribution in [0, 0.1) is 4.77 Å². The van der Waals surface area contributed by atoms with E-state index in [1.54, 1.807) is 24.2 Å². The molecule has 0 atom stereocenters. The molecule has 0 spiro atoms. The average Bonchev–Trinajstić information content (AvgIpc) is 3.05. The smallest absolute Gasteiger partial charge is 0.214 e. The predicted molar refractivity (Wildman–Crippen MR) is 104 cm³/mol. The Morgan fingerprint density at radius 3 is 2.62 bits per heavy atom. The molecule has 26 heavy (non-hydrogen) atoms. The molecule has 6 nitrogen and oxygen atoms in total. The molecule has 0 unspecified atom stereocenters. The van der Waals surface area contributed by atoms with Crippen LogP contribution in [0.2, 0.25) is 10.0 Å². The van der Waals surface area contributed by atoms with E-state index in [4.69, 9.17) is 44.9 Å². The summed E-state index contributed by atoms with van der Waals surface area (Å²) in [5.74, 6) is 1.16. The zero-order chi connectivity index (χ0) is 18.5. The van der Waals surface area contributed by atoms with Crippen LogP contribution in [-0.4, -0.2) is 22.0 Å². The monoisotopic (exact) mass is 410 g/mol. The number of ether oxygens (including phenoxy) is 2. The van der Waals surface area contributed by atoms with Crippen molar-refractivity contribution in [2.75, 3.05) is 12.5 Å². The van der Waals surface area contributed by atoms with Gasteiger partial charge in [-0.3, -0.25) is 5.10 Å². The van der Waals surface area contributed by atoms with Gasteiger partial charge in [-0.25, -0.2) is 4.68 Å². The Labute approximate surface area is 165 Å². The molecule has 1 heterocycles. The van der Waals surface area contributed by atoms with Gasteiger partial charge in [-0.1, -0.05) is 35.3 Å². The van der Waals surface area contributed by atoms with Crippen LogP contribution >= 0.6 is 35.4 Å². The van der Waals surface area contributed by atoms with Crippen LogP contribution < -0.4 is 14.9 Å². The Morgan fingerprint density at radius 2 is 1.96 bits per heavy atom. The first-order chi connectivity index (χ1) is 12.6. The lowest BCUT2D eigenvalue weighted by Gasteiger charge is -2.15. The maximum Gasteiger partial charge on any atom is 0.214 e. The molecule has 0 fully saturated rings. The molecule has 0 aliphatic rings. The first-order valence-corrected chi connectivity index (χ1v) is 8.83. The first kappa shape index (κ1) is 18.6. The number of hydrogen-bond donors (Lipinski definition) is 2. The molecule has 0 aliphatic carbocycles. The van der Waals surface area contributed by atoms with E-state index >= 15 is 0 Å². The third kappa shape index (κ3) is 4.49. The predicted octanol–water partition coefficient (Wildman–Crippen LogP) is 4.58. The zero-order valence-corrected chi connectivity index (χ0v) is 16.2. The summed E-state index contributed by atoms with van der Waals surface area (Å²) in [6.07, 6.45) is 1.55. The Hall–Kier alpha value is -2.22. The van der Waals surface area contributed by atoms with Crippen molar-refractivity contribution >= 4 is 35.4 Å². The molecular weight excluding hydrogens is 395 g/mol. The minimum Gasteiger partial charge on any atom is -0.493 e. The highest BCUT2D eigenvalue weighted by Gasteiger charge is 2.11. The summed E-state index contributed by atoms with van der Waals surface area (Å²) in [6, 6.07) is 11.0. The summed E-state index contributed by atoms with van der Waals surface area (Å²) < 4.78 is 13.3. The van der Waals surface area contributed by atoms with Gasteiger partial charge in [-0.15, -0.1) is 0 Å². The van der Waals surface area contributed by atoms with Crippen LogP contribution in [0.15, 0.2) is 42.7 Å². The van der Waals surface area contributed by atoms with Crippen molar-refractivity contribution in [1.29, 1.82) is 0 Å². The first-order valence-electron chi connectivity index (χ1n) is 7.66. The molecule has 3 rings (SSSR count). The van der Waals surface area contributed by atoms with E-state index < -0.39 is 0 Å². The van der Waals surface area contributed by atoms with Crippen molar-refractivity contribution in [3.8, 4) is 11.5 Å². The van der Waals surface area contributed by atoms with Crippen LogP contribution in [0.1, 0.15) is 11.1 Å². The largest absolute Gasteiger partial charge is 0.493 e. The van der Waals surface area contributed by atoms with E-state index in [1.807, 2.05) is 30.3 Å². The topological polar surface area (TPSA) is 64.1 Å². The van der Waals surface area contributed by atoms with E-state index in [0.29, 0.717) is 39.5 Å². The Bertz CT molecular complexity index is 941. The summed E-state index contributed by atoms with van der Waals surface area (Å²) >= 11 is 17.4. The van der Waals surface area contributed by atoms with E-state index in [9.17, 15) is 0 Å². The number of rotatable bonds is 7. The van der Waals surface area contributed by atoms with Gasteiger partial charge in [0.25, 0.3) is 0 Å². The van der Waals surface area contributed by atoms with Crippen molar-refractivity contribution < 1.29 is 9.47 Å². The van der Waals surface area contributed by atoms with E-state index in [1.165, 1.54) is 0 Å². The Balaban J connectivity index is 1.72. The fraction of sp³-hybridized carbons (Fsp3) is 0.176. The normalized spacial score (nSPS) is 10.6. The molecule has 0 bridgehead atoms. The van der Waals surface area contributed by atoms with Gasteiger partial charge in [0.1, 0.15) is 12.9 Å². The molecule has 2 N–H and O–H groups in total. The van der Waals surface area contributed by atoms with Crippen LogP contribution in [0.5, 0.6) is 11.5 Å². The molecular formula is C17H16Cl2N4O2S. The number of methoxy groups -OCH3 is 1. The number of H-pyrrole nitrogens is 1. The maximum atomic E-state index is 6.39. The highest BCUT2D eigenvalue weighted by Crippen LogP contribution is 2.34. The number of aromatic nitrogens is 3. The van der Waals surface area contributed by atoms with Crippen molar-refractivity contribution in [2.45, 2.75) is 13.2 Å². The SMILES string of the molecule is COc1cc(CNn2cn[nH]c2=S)c(Cl)cc1OCc1ccc(Cl)cc1. The quantitative estimate of drug-likeness (QED) is 0.558. The second-order valence-corrected chi connectivity index (χ2v) is 6.61. The number of nitrogens with one attached hydrogen (secondary N) is 2. The number of benzene rings is 2. The lowest BCUT2D eigenvalue weighted by Crippen LogP contribution is -2.13. The van der Waals surface area contributed by atoms with Crippen LogP contribution in [-0.2, 0) is 13.2 Å².